The number of imide groups is 1. The molecule has 0 aromatic rings. The zero-order chi connectivity index (χ0) is 21.3. The number of nitrogens with zero attached hydrogens (tertiary/aromatic N) is 2. The Balaban J connectivity index is 3.00. The minimum absolute atomic E-state index is 0.304. The van der Waals surface area contributed by atoms with Gasteiger partial charge in [0, 0.05) is 41.0 Å². The number of amides is 3. The fourth-order valence-corrected chi connectivity index (χ4v) is 2.45. The lowest BCUT2D eigenvalue weighted by molar-refractivity contribution is -0.116. The molecule has 1 fully saturated rings. The van der Waals surface area contributed by atoms with E-state index in [4.69, 9.17) is 16.5 Å². The molecule has 0 saturated heterocycles. The fourth-order valence-electron chi connectivity index (χ4n) is 2.45. The van der Waals surface area contributed by atoms with Crippen LogP contribution in [0.15, 0.2) is 45.2 Å². The molecule has 0 unspecified atom stereocenters. The number of hydrogen-bond acceptors (Lipinski definition) is 5. The Bertz CT molecular complexity index is 740. The van der Waals surface area contributed by atoms with E-state index in [-0.39, 0.29) is 0 Å². The first-order valence-electron chi connectivity index (χ1n) is 9.67. The Hall–Kier alpha value is -2.70. The summed E-state index contributed by atoms with van der Waals surface area (Å²) < 4.78 is 0. The van der Waals surface area contributed by atoms with Crippen molar-refractivity contribution in [2.75, 3.05) is 6.54 Å². The molecule has 154 valence electrons. The molecule has 1 saturated carbocycles. The summed E-state index contributed by atoms with van der Waals surface area (Å²) in [7, 11) is 0. The standard InChI is InChI=1S/C21H33N5O2/c1-6-13(2)19(24-12-17-7-8-17)10-15(4)25-16(5)18(11-22)9-14(3)20(27)26-21(23)28/h9-11,13,17H,6-8,12,22H2,1-5H3,(H3,23,26,27,28)/b14-9+,15-10?,18-11?,24-19?,25-16?/t13-/m1/s1. The van der Waals surface area contributed by atoms with Gasteiger partial charge in [0.15, 0.2) is 0 Å². The lowest BCUT2D eigenvalue weighted by Crippen LogP contribution is -2.35. The molecule has 0 bridgehead atoms. The predicted octanol–water partition coefficient (Wildman–Crippen LogP) is 3.23. The van der Waals surface area contributed by atoms with E-state index in [0.29, 0.717) is 22.8 Å². The molecule has 0 aliphatic heterocycles. The topological polar surface area (TPSA) is 123 Å². The second-order valence-electron chi connectivity index (χ2n) is 7.27. The summed E-state index contributed by atoms with van der Waals surface area (Å²) in [6, 6.07) is -0.900. The van der Waals surface area contributed by atoms with Crippen LogP contribution in [0.25, 0.3) is 0 Å². The maximum atomic E-state index is 11.8. The summed E-state index contributed by atoms with van der Waals surface area (Å²) in [5, 5.41) is 2.02. The van der Waals surface area contributed by atoms with Crippen molar-refractivity contribution in [2.45, 2.75) is 53.9 Å². The van der Waals surface area contributed by atoms with Crippen molar-refractivity contribution in [3.8, 4) is 0 Å². The zero-order valence-electron chi connectivity index (χ0n) is 17.6. The zero-order valence-corrected chi connectivity index (χ0v) is 17.6. The monoisotopic (exact) mass is 387 g/mol. The predicted molar refractivity (Wildman–Crippen MR) is 115 cm³/mol. The van der Waals surface area contributed by atoms with Gasteiger partial charge in [0.2, 0.25) is 0 Å². The van der Waals surface area contributed by atoms with Gasteiger partial charge in [-0.25, -0.2) is 4.79 Å². The van der Waals surface area contributed by atoms with Crippen LogP contribution in [0.5, 0.6) is 0 Å². The van der Waals surface area contributed by atoms with Crippen molar-refractivity contribution in [1.29, 1.82) is 0 Å². The molecule has 0 spiro atoms. The molecule has 5 N–H and O–H groups in total. The van der Waals surface area contributed by atoms with Crippen molar-refractivity contribution in [1.82, 2.24) is 5.32 Å². The molecule has 28 heavy (non-hydrogen) atoms. The van der Waals surface area contributed by atoms with Gasteiger partial charge >= 0.3 is 6.03 Å². The molecule has 0 aromatic heterocycles. The first kappa shape index (κ1) is 23.3. The lowest BCUT2D eigenvalue weighted by Gasteiger charge is -2.10. The Morgan fingerprint density at radius 2 is 1.86 bits per heavy atom. The number of nitrogens with one attached hydrogen (secondary N) is 1. The first-order valence-corrected chi connectivity index (χ1v) is 9.67. The molecule has 0 radical (unpaired) electrons. The Kier molecular flexibility index (Phi) is 9.35. The highest BCUT2D eigenvalue weighted by molar-refractivity contribution is 6.07. The van der Waals surface area contributed by atoms with Gasteiger partial charge in [-0.05, 0) is 64.0 Å². The Morgan fingerprint density at radius 1 is 1.21 bits per heavy atom. The molecule has 0 aromatic carbocycles. The molecule has 0 heterocycles. The highest BCUT2D eigenvalue weighted by Crippen LogP contribution is 2.29. The smallest absolute Gasteiger partial charge is 0.319 e. The van der Waals surface area contributed by atoms with E-state index in [9.17, 15) is 9.59 Å². The number of carbonyl (C=O) groups is 2. The van der Waals surface area contributed by atoms with Crippen molar-refractivity contribution in [2.24, 2.45) is 33.3 Å². The summed E-state index contributed by atoms with van der Waals surface area (Å²) in [6.45, 7) is 10.5. The van der Waals surface area contributed by atoms with Crippen LogP contribution in [-0.2, 0) is 4.79 Å². The number of primary amides is 1. The van der Waals surface area contributed by atoms with Gasteiger partial charge in [-0.3, -0.25) is 20.1 Å². The maximum Gasteiger partial charge on any atom is 0.319 e. The van der Waals surface area contributed by atoms with Gasteiger partial charge in [0.25, 0.3) is 5.91 Å². The van der Waals surface area contributed by atoms with E-state index in [2.05, 4.69) is 18.8 Å². The van der Waals surface area contributed by atoms with Crippen molar-refractivity contribution in [3.63, 3.8) is 0 Å². The SMILES string of the molecule is CC[C@@H](C)C(C=C(C)N=C(C)C(=CN)/C=C(\C)C(=O)NC(N)=O)=NCC1CC1. The number of hydrogen-bond donors (Lipinski definition) is 3. The normalized spacial score (nSPS) is 18.1. The molecule has 7 nitrogen and oxygen atoms in total. The highest BCUT2D eigenvalue weighted by atomic mass is 16.2. The van der Waals surface area contributed by atoms with Gasteiger partial charge in [-0.1, -0.05) is 13.8 Å². The quantitative estimate of drug-likeness (QED) is 0.320. The molecular formula is C21H33N5O2. The molecule has 3 amide bonds. The van der Waals surface area contributed by atoms with E-state index in [1.165, 1.54) is 19.0 Å². The van der Waals surface area contributed by atoms with Gasteiger partial charge in [-0.15, -0.1) is 0 Å². The number of aliphatic imine (C=N–C) groups is 2. The van der Waals surface area contributed by atoms with Crippen LogP contribution in [0, 0.1) is 11.8 Å². The van der Waals surface area contributed by atoms with E-state index in [0.717, 1.165) is 30.3 Å². The first-order chi connectivity index (χ1) is 13.2. The highest BCUT2D eigenvalue weighted by Gasteiger charge is 2.21. The average Bonchev–Trinajstić information content (AvgIpc) is 3.45. The van der Waals surface area contributed by atoms with Gasteiger partial charge in [-0.2, -0.15) is 0 Å². The van der Waals surface area contributed by atoms with Crippen molar-refractivity contribution in [3.05, 3.63) is 35.2 Å². The van der Waals surface area contributed by atoms with Crippen LogP contribution >= 0.6 is 0 Å². The molecule has 1 aliphatic carbocycles. The Morgan fingerprint density at radius 3 is 2.36 bits per heavy atom. The number of allylic oxidation sites excluding steroid dienone is 4. The van der Waals surface area contributed by atoms with E-state index < -0.39 is 11.9 Å². The maximum absolute atomic E-state index is 11.8. The van der Waals surface area contributed by atoms with E-state index in [1.807, 2.05) is 25.2 Å². The van der Waals surface area contributed by atoms with Crippen molar-refractivity contribution >= 4 is 23.4 Å². The second kappa shape index (κ2) is 11.2. The molecule has 7 heteroatoms. The van der Waals surface area contributed by atoms with Crippen LogP contribution < -0.4 is 16.8 Å². The second-order valence-corrected chi connectivity index (χ2v) is 7.27. The Labute approximate surface area is 167 Å². The number of urea groups is 1. The molecular weight excluding hydrogens is 354 g/mol. The van der Waals surface area contributed by atoms with Crippen LogP contribution in [0.2, 0.25) is 0 Å². The van der Waals surface area contributed by atoms with Crippen molar-refractivity contribution < 1.29 is 9.59 Å². The largest absolute Gasteiger partial charge is 0.404 e. The van der Waals surface area contributed by atoms with Crippen LogP contribution in [0.3, 0.4) is 0 Å². The summed E-state index contributed by atoms with van der Waals surface area (Å²) in [6.07, 6.45) is 8.53. The number of carbonyl (C=O) groups excluding carboxylic acids is 2. The minimum atomic E-state index is -0.900. The van der Waals surface area contributed by atoms with Gasteiger partial charge < -0.3 is 11.5 Å². The van der Waals surface area contributed by atoms with E-state index >= 15 is 0 Å². The summed E-state index contributed by atoms with van der Waals surface area (Å²) >= 11 is 0. The third-order valence-corrected chi connectivity index (χ3v) is 4.61. The third-order valence-electron chi connectivity index (χ3n) is 4.61. The summed E-state index contributed by atoms with van der Waals surface area (Å²) in [4.78, 5) is 32.0. The minimum Gasteiger partial charge on any atom is -0.404 e. The van der Waals surface area contributed by atoms with Crippen LogP contribution in [0.1, 0.15) is 53.9 Å². The summed E-state index contributed by atoms with van der Waals surface area (Å²) in [5.74, 6) is 0.538. The number of rotatable bonds is 9. The lowest BCUT2D eigenvalue weighted by atomic mass is 10.0. The van der Waals surface area contributed by atoms with E-state index in [1.54, 1.807) is 13.0 Å². The number of nitrogens with two attached hydrogens (primary N) is 2. The summed E-state index contributed by atoms with van der Waals surface area (Å²) in [5.41, 5.74) is 14.1. The molecule has 1 rings (SSSR count). The fraction of sp³-hybridized carbons (Fsp3) is 0.524. The molecule has 1 atom stereocenters. The van der Waals surface area contributed by atoms with Crippen LogP contribution in [-0.4, -0.2) is 29.9 Å². The third kappa shape index (κ3) is 8.33. The molecule has 1 aliphatic rings. The van der Waals surface area contributed by atoms with Crippen LogP contribution in [0.4, 0.5) is 4.79 Å². The van der Waals surface area contributed by atoms with Gasteiger partial charge in [0.1, 0.15) is 0 Å². The average molecular weight is 388 g/mol. The van der Waals surface area contributed by atoms with Gasteiger partial charge in [0.05, 0.1) is 0 Å².